The minimum Gasteiger partial charge on any atom is -0.376 e. The highest BCUT2D eigenvalue weighted by Crippen LogP contribution is 2.20. The molecule has 19 heavy (non-hydrogen) atoms. The molecule has 104 valence electrons. The van der Waals surface area contributed by atoms with Crippen LogP contribution in [0.4, 0.5) is 11.5 Å². The van der Waals surface area contributed by atoms with E-state index in [2.05, 4.69) is 10.3 Å². The molecule has 0 amide bonds. The monoisotopic (exact) mass is 265 g/mol. The Morgan fingerprint density at radius 2 is 2.21 bits per heavy atom. The highest BCUT2D eigenvalue weighted by atomic mass is 16.6. The average Bonchev–Trinajstić information content (AvgIpc) is 2.45. The summed E-state index contributed by atoms with van der Waals surface area (Å²) in [7, 11) is 0. The van der Waals surface area contributed by atoms with E-state index in [0.29, 0.717) is 25.1 Å². The minimum atomic E-state index is -0.425. The second-order valence-electron chi connectivity index (χ2n) is 4.71. The molecule has 6 nitrogen and oxygen atoms in total. The van der Waals surface area contributed by atoms with Crippen molar-refractivity contribution in [1.82, 2.24) is 4.98 Å². The molecule has 1 aromatic heterocycles. The zero-order valence-electron chi connectivity index (χ0n) is 10.9. The topological polar surface area (TPSA) is 77.3 Å². The third-order valence-electron chi connectivity index (χ3n) is 3.27. The van der Waals surface area contributed by atoms with Gasteiger partial charge in [-0.25, -0.2) is 4.98 Å². The second kappa shape index (κ2) is 7.04. The van der Waals surface area contributed by atoms with Gasteiger partial charge in [-0.2, -0.15) is 0 Å². The van der Waals surface area contributed by atoms with Gasteiger partial charge in [0.15, 0.2) is 0 Å². The molecule has 0 bridgehead atoms. The number of hydrogen-bond donors (Lipinski definition) is 1. The van der Waals surface area contributed by atoms with Crippen molar-refractivity contribution in [2.45, 2.75) is 38.2 Å². The largest absolute Gasteiger partial charge is 0.376 e. The first-order valence-electron chi connectivity index (χ1n) is 6.71. The zero-order chi connectivity index (χ0) is 13.5. The van der Waals surface area contributed by atoms with Gasteiger partial charge in [0.25, 0.3) is 5.69 Å². The number of aromatic nitrogens is 1. The molecule has 0 saturated heterocycles. The fourth-order valence-electron chi connectivity index (χ4n) is 2.27. The molecule has 0 atom stereocenters. The first kappa shape index (κ1) is 13.7. The molecule has 1 aliphatic carbocycles. The third-order valence-corrected chi connectivity index (χ3v) is 3.27. The van der Waals surface area contributed by atoms with Crippen LogP contribution in [-0.2, 0) is 4.74 Å². The Kier molecular flexibility index (Phi) is 5.09. The second-order valence-corrected chi connectivity index (χ2v) is 4.71. The summed E-state index contributed by atoms with van der Waals surface area (Å²) in [5.74, 6) is 0.515. The molecule has 1 fully saturated rings. The van der Waals surface area contributed by atoms with Gasteiger partial charge in [0.1, 0.15) is 5.82 Å². The average molecular weight is 265 g/mol. The van der Waals surface area contributed by atoms with Gasteiger partial charge in [-0.1, -0.05) is 19.3 Å². The Hall–Kier alpha value is -1.69. The summed E-state index contributed by atoms with van der Waals surface area (Å²) in [4.78, 5) is 14.2. The van der Waals surface area contributed by atoms with Gasteiger partial charge in [-0.05, 0) is 12.8 Å². The summed E-state index contributed by atoms with van der Waals surface area (Å²) in [6.45, 7) is 1.22. The maximum absolute atomic E-state index is 10.6. The molecule has 1 N–H and O–H groups in total. The number of anilines is 1. The van der Waals surface area contributed by atoms with Crippen LogP contribution in [0.15, 0.2) is 18.3 Å². The van der Waals surface area contributed by atoms with Crippen molar-refractivity contribution in [2.75, 3.05) is 18.5 Å². The van der Waals surface area contributed by atoms with Crippen LogP contribution in [0.5, 0.6) is 0 Å². The van der Waals surface area contributed by atoms with Crippen molar-refractivity contribution in [3.8, 4) is 0 Å². The number of rotatable bonds is 6. The van der Waals surface area contributed by atoms with Gasteiger partial charge < -0.3 is 10.1 Å². The van der Waals surface area contributed by atoms with E-state index in [1.807, 2.05) is 0 Å². The molecule has 1 aliphatic rings. The van der Waals surface area contributed by atoms with Gasteiger partial charge >= 0.3 is 0 Å². The van der Waals surface area contributed by atoms with E-state index >= 15 is 0 Å². The number of pyridine rings is 1. The SMILES string of the molecule is O=[N+]([O-])c1ccnc(NCCOC2CCCCC2)c1. The van der Waals surface area contributed by atoms with Crippen LogP contribution >= 0.6 is 0 Å². The van der Waals surface area contributed by atoms with Gasteiger partial charge in [-0.3, -0.25) is 10.1 Å². The highest BCUT2D eigenvalue weighted by molar-refractivity contribution is 5.44. The van der Waals surface area contributed by atoms with Gasteiger partial charge in [0.05, 0.1) is 23.7 Å². The Morgan fingerprint density at radius 1 is 1.42 bits per heavy atom. The Morgan fingerprint density at radius 3 is 2.95 bits per heavy atom. The lowest BCUT2D eigenvalue weighted by atomic mass is 9.98. The van der Waals surface area contributed by atoms with Crippen LogP contribution in [0.3, 0.4) is 0 Å². The van der Waals surface area contributed by atoms with Crippen molar-refractivity contribution in [3.05, 3.63) is 28.4 Å². The number of ether oxygens (including phenoxy) is 1. The Bertz CT molecular complexity index is 419. The Balaban J connectivity index is 1.70. The molecular formula is C13H19N3O3. The molecule has 0 spiro atoms. The van der Waals surface area contributed by atoms with Gasteiger partial charge in [0, 0.05) is 18.8 Å². The maximum Gasteiger partial charge on any atom is 0.274 e. The molecular weight excluding hydrogens is 246 g/mol. The van der Waals surface area contributed by atoms with Crippen LogP contribution in [0.1, 0.15) is 32.1 Å². The number of hydrogen-bond acceptors (Lipinski definition) is 5. The van der Waals surface area contributed by atoms with Crippen LogP contribution in [0.25, 0.3) is 0 Å². The molecule has 2 rings (SSSR count). The summed E-state index contributed by atoms with van der Waals surface area (Å²) in [5, 5.41) is 13.7. The Labute approximate surface area is 112 Å². The van der Waals surface area contributed by atoms with Crippen molar-refractivity contribution < 1.29 is 9.66 Å². The summed E-state index contributed by atoms with van der Waals surface area (Å²) < 4.78 is 5.76. The summed E-state index contributed by atoms with van der Waals surface area (Å²) in [6.07, 6.45) is 7.94. The summed E-state index contributed by atoms with van der Waals surface area (Å²) in [6, 6.07) is 2.81. The minimum absolute atomic E-state index is 0.0469. The summed E-state index contributed by atoms with van der Waals surface area (Å²) >= 11 is 0. The third kappa shape index (κ3) is 4.48. The molecule has 0 radical (unpaired) electrons. The van der Waals surface area contributed by atoms with Crippen molar-refractivity contribution in [2.24, 2.45) is 0 Å². The fraction of sp³-hybridized carbons (Fsp3) is 0.615. The van der Waals surface area contributed by atoms with Crippen LogP contribution in [-0.4, -0.2) is 29.2 Å². The highest BCUT2D eigenvalue weighted by Gasteiger charge is 2.13. The van der Waals surface area contributed by atoms with Crippen molar-refractivity contribution in [3.63, 3.8) is 0 Å². The zero-order valence-corrected chi connectivity index (χ0v) is 10.9. The lowest BCUT2D eigenvalue weighted by molar-refractivity contribution is -0.384. The lowest BCUT2D eigenvalue weighted by Crippen LogP contribution is -2.20. The van der Waals surface area contributed by atoms with Gasteiger partial charge in [-0.15, -0.1) is 0 Å². The van der Waals surface area contributed by atoms with Crippen LogP contribution in [0.2, 0.25) is 0 Å². The molecule has 0 unspecified atom stereocenters. The van der Waals surface area contributed by atoms with Crippen LogP contribution < -0.4 is 5.32 Å². The number of nitrogens with one attached hydrogen (secondary N) is 1. The molecule has 1 aromatic rings. The smallest absolute Gasteiger partial charge is 0.274 e. The quantitative estimate of drug-likeness (QED) is 0.486. The van der Waals surface area contributed by atoms with E-state index in [4.69, 9.17) is 4.74 Å². The molecule has 6 heteroatoms. The molecule has 1 heterocycles. The molecule has 0 aliphatic heterocycles. The van der Waals surface area contributed by atoms with E-state index in [9.17, 15) is 10.1 Å². The number of nitro groups is 1. The van der Waals surface area contributed by atoms with Crippen molar-refractivity contribution >= 4 is 11.5 Å². The van der Waals surface area contributed by atoms with Crippen LogP contribution in [0, 0.1) is 10.1 Å². The molecule has 1 saturated carbocycles. The predicted octanol–water partition coefficient (Wildman–Crippen LogP) is 2.75. The predicted molar refractivity (Wildman–Crippen MR) is 72.2 cm³/mol. The molecule has 0 aromatic carbocycles. The van der Waals surface area contributed by atoms with Gasteiger partial charge in [0.2, 0.25) is 0 Å². The first-order chi connectivity index (χ1) is 9.25. The fourth-order valence-corrected chi connectivity index (χ4v) is 2.27. The lowest BCUT2D eigenvalue weighted by Gasteiger charge is -2.22. The maximum atomic E-state index is 10.6. The first-order valence-corrected chi connectivity index (χ1v) is 6.71. The van der Waals surface area contributed by atoms with Crippen molar-refractivity contribution in [1.29, 1.82) is 0 Å². The standard InChI is InChI=1S/C13H19N3O3/c17-16(18)11-6-7-14-13(10-11)15-8-9-19-12-4-2-1-3-5-12/h6-7,10,12H,1-5,8-9H2,(H,14,15). The van der Waals surface area contributed by atoms with E-state index in [-0.39, 0.29) is 5.69 Å². The van der Waals surface area contributed by atoms with E-state index in [1.165, 1.54) is 37.6 Å². The van der Waals surface area contributed by atoms with E-state index in [0.717, 1.165) is 12.8 Å². The summed E-state index contributed by atoms with van der Waals surface area (Å²) in [5.41, 5.74) is 0.0469. The van der Waals surface area contributed by atoms with E-state index < -0.39 is 4.92 Å². The van der Waals surface area contributed by atoms with E-state index in [1.54, 1.807) is 0 Å². The normalized spacial score (nSPS) is 16.2. The number of nitrogens with zero attached hydrogens (tertiary/aromatic N) is 2.